The maximum atomic E-state index is 14.4. The van der Waals surface area contributed by atoms with E-state index in [2.05, 4.69) is 20.6 Å². The Morgan fingerprint density at radius 1 is 1.00 bits per heavy atom. The summed E-state index contributed by atoms with van der Waals surface area (Å²) in [6, 6.07) is 16.1. The maximum Gasteiger partial charge on any atom is 0.191 e. The molecular formula is C22H24FIN4O2. The van der Waals surface area contributed by atoms with Crippen molar-refractivity contribution in [2.45, 2.75) is 13.1 Å². The highest BCUT2D eigenvalue weighted by atomic mass is 127. The number of aromatic nitrogens is 1. The minimum atomic E-state index is -0.438. The summed E-state index contributed by atoms with van der Waals surface area (Å²) >= 11 is 0. The number of guanidine groups is 1. The Balaban J connectivity index is 0.00000320. The van der Waals surface area contributed by atoms with Crippen LogP contribution in [0.4, 0.5) is 4.39 Å². The van der Waals surface area contributed by atoms with Gasteiger partial charge in [0.25, 0.3) is 0 Å². The van der Waals surface area contributed by atoms with Crippen molar-refractivity contribution in [1.82, 2.24) is 15.6 Å². The van der Waals surface area contributed by atoms with E-state index in [1.165, 1.54) is 12.3 Å². The van der Waals surface area contributed by atoms with Crippen molar-refractivity contribution in [3.05, 3.63) is 83.9 Å². The first-order valence-electron chi connectivity index (χ1n) is 9.11. The number of aliphatic imine (C=N–C) groups is 1. The molecule has 0 atom stereocenters. The molecule has 3 aromatic rings. The molecule has 8 heteroatoms. The van der Waals surface area contributed by atoms with Crippen molar-refractivity contribution in [3.63, 3.8) is 0 Å². The monoisotopic (exact) mass is 522 g/mol. The highest BCUT2D eigenvalue weighted by molar-refractivity contribution is 14.0. The first-order valence-corrected chi connectivity index (χ1v) is 9.11. The SMILES string of the molecule is CN=C(NCc1cccc(OC)c1)NCc1ccc(Oc2cccnc2)c(F)c1.I. The number of nitrogens with one attached hydrogen (secondary N) is 2. The first-order chi connectivity index (χ1) is 14.2. The number of hydrogen-bond acceptors (Lipinski definition) is 4. The number of methoxy groups -OCH3 is 1. The van der Waals surface area contributed by atoms with Crippen LogP contribution in [0.25, 0.3) is 0 Å². The van der Waals surface area contributed by atoms with Crippen molar-refractivity contribution >= 4 is 29.9 Å². The maximum absolute atomic E-state index is 14.4. The summed E-state index contributed by atoms with van der Waals surface area (Å²) in [4.78, 5) is 8.15. The molecule has 0 bridgehead atoms. The van der Waals surface area contributed by atoms with E-state index in [1.807, 2.05) is 24.3 Å². The molecule has 1 aromatic heterocycles. The third kappa shape index (κ3) is 6.87. The Morgan fingerprint density at radius 2 is 1.73 bits per heavy atom. The second-order valence-corrected chi connectivity index (χ2v) is 6.19. The Kier molecular flexibility index (Phi) is 9.33. The Hall–Kier alpha value is -2.88. The summed E-state index contributed by atoms with van der Waals surface area (Å²) in [7, 11) is 3.32. The van der Waals surface area contributed by atoms with Crippen LogP contribution in [0, 0.1) is 5.82 Å². The number of nitrogens with zero attached hydrogens (tertiary/aromatic N) is 2. The summed E-state index contributed by atoms with van der Waals surface area (Å²) < 4.78 is 25.1. The second kappa shape index (κ2) is 12.0. The number of pyridine rings is 1. The fourth-order valence-electron chi connectivity index (χ4n) is 2.65. The van der Waals surface area contributed by atoms with Crippen LogP contribution in [0.15, 0.2) is 72.0 Å². The standard InChI is InChI=1S/C22H23FN4O2.HI/c1-24-22(26-13-16-5-3-6-18(11-16)28-2)27-14-17-8-9-21(20(23)12-17)29-19-7-4-10-25-15-19;/h3-12,15H,13-14H2,1-2H3,(H2,24,26,27);1H. The first kappa shape index (κ1) is 23.4. The van der Waals surface area contributed by atoms with Gasteiger partial charge in [0.05, 0.1) is 13.3 Å². The van der Waals surface area contributed by atoms with E-state index in [4.69, 9.17) is 9.47 Å². The minimum absolute atomic E-state index is 0. The number of rotatable bonds is 7. The smallest absolute Gasteiger partial charge is 0.191 e. The third-order valence-corrected chi connectivity index (χ3v) is 4.14. The molecule has 0 radical (unpaired) electrons. The van der Waals surface area contributed by atoms with E-state index < -0.39 is 5.82 Å². The molecule has 6 nitrogen and oxygen atoms in total. The summed E-state index contributed by atoms with van der Waals surface area (Å²) in [6.45, 7) is 1.00. The van der Waals surface area contributed by atoms with Gasteiger partial charge in [0.2, 0.25) is 0 Å². The molecule has 0 saturated heterocycles. The zero-order valence-electron chi connectivity index (χ0n) is 16.8. The summed E-state index contributed by atoms with van der Waals surface area (Å²) in [6.07, 6.45) is 3.17. The fraction of sp³-hybridized carbons (Fsp3) is 0.182. The molecule has 0 aliphatic carbocycles. The predicted molar refractivity (Wildman–Crippen MR) is 126 cm³/mol. The van der Waals surface area contributed by atoms with E-state index in [9.17, 15) is 4.39 Å². The normalized spacial score (nSPS) is 10.7. The van der Waals surface area contributed by atoms with Crippen LogP contribution in [-0.2, 0) is 13.1 Å². The highest BCUT2D eigenvalue weighted by Crippen LogP contribution is 2.24. The van der Waals surface area contributed by atoms with Crippen molar-refractivity contribution < 1.29 is 13.9 Å². The van der Waals surface area contributed by atoms with Crippen LogP contribution >= 0.6 is 24.0 Å². The lowest BCUT2D eigenvalue weighted by Crippen LogP contribution is -2.36. The van der Waals surface area contributed by atoms with Gasteiger partial charge in [-0.15, -0.1) is 24.0 Å². The molecule has 2 N–H and O–H groups in total. The van der Waals surface area contributed by atoms with Crippen molar-refractivity contribution in [1.29, 1.82) is 0 Å². The largest absolute Gasteiger partial charge is 0.497 e. The van der Waals surface area contributed by atoms with Crippen LogP contribution < -0.4 is 20.1 Å². The van der Waals surface area contributed by atoms with Gasteiger partial charge in [0, 0.05) is 26.3 Å². The van der Waals surface area contributed by atoms with Crippen LogP contribution in [0.3, 0.4) is 0 Å². The fourth-order valence-corrected chi connectivity index (χ4v) is 2.65. The molecule has 0 spiro atoms. The van der Waals surface area contributed by atoms with Gasteiger partial charge in [-0.2, -0.15) is 0 Å². The molecule has 0 amide bonds. The Bertz CT molecular complexity index is 970. The minimum Gasteiger partial charge on any atom is -0.497 e. The molecule has 2 aromatic carbocycles. The van der Waals surface area contributed by atoms with Crippen molar-refractivity contribution in [2.24, 2.45) is 4.99 Å². The third-order valence-electron chi connectivity index (χ3n) is 4.14. The lowest BCUT2D eigenvalue weighted by molar-refractivity contribution is 0.414. The van der Waals surface area contributed by atoms with Gasteiger partial charge in [-0.1, -0.05) is 18.2 Å². The van der Waals surface area contributed by atoms with Crippen molar-refractivity contribution in [3.8, 4) is 17.2 Å². The average molecular weight is 522 g/mol. The van der Waals surface area contributed by atoms with Crippen LogP contribution in [-0.4, -0.2) is 25.1 Å². The van der Waals surface area contributed by atoms with Gasteiger partial charge >= 0.3 is 0 Å². The molecule has 0 saturated carbocycles. The topological polar surface area (TPSA) is 67.8 Å². The second-order valence-electron chi connectivity index (χ2n) is 6.19. The van der Waals surface area contributed by atoms with E-state index in [-0.39, 0.29) is 29.7 Å². The quantitative estimate of drug-likeness (QED) is 0.272. The molecule has 30 heavy (non-hydrogen) atoms. The van der Waals surface area contributed by atoms with Crippen LogP contribution in [0.1, 0.15) is 11.1 Å². The summed E-state index contributed by atoms with van der Waals surface area (Å²) in [5, 5.41) is 6.39. The number of hydrogen-bond donors (Lipinski definition) is 2. The van der Waals surface area contributed by atoms with Crippen molar-refractivity contribution in [2.75, 3.05) is 14.2 Å². The van der Waals surface area contributed by atoms with Gasteiger partial charge in [-0.3, -0.25) is 9.98 Å². The lowest BCUT2D eigenvalue weighted by atomic mass is 10.2. The zero-order valence-corrected chi connectivity index (χ0v) is 19.1. The number of benzene rings is 2. The van der Waals surface area contributed by atoms with E-state index in [1.54, 1.807) is 44.6 Å². The van der Waals surface area contributed by atoms with Gasteiger partial charge in [-0.05, 0) is 47.5 Å². The van der Waals surface area contributed by atoms with Gasteiger partial charge in [0.1, 0.15) is 11.5 Å². The average Bonchev–Trinajstić information content (AvgIpc) is 2.76. The van der Waals surface area contributed by atoms with Gasteiger partial charge in [-0.25, -0.2) is 4.39 Å². The van der Waals surface area contributed by atoms with E-state index >= 15 is 0 Å². The molecule has 1 heterocycles. The molecule has 0 aliphatic heterocycles. The molecule has 3 rings (SSSR count). The van der Waals surface area contributed by atoms with Crippen LogP contribution in [0.2, 0.25) is 0 Å². The number of halogens is 2. The molecule has 0 fully saturated rings. The Labute approximate surface area is 192 Å². The number of ether oxygens (including phenoxy) is 2. The summed E-state index contributed by atoms with van der Waals surface area (Å²) in [5.74, 6) is 1.62. The molecule has 0 aliphatic rings. The van der Waals surface area contributed by atoms with Gasteiger partial charge < -0.3 is 20.1 Å². The van der Waals surface area contributed by atoms with E-state index in [0.717, 1.165) is 16.9 Å². The molecule has 158 valence electrons. The van der Waals surface area contributed by atoms with Gasteiger partial charge in [0.15, 0.2) is 17.5 Å². The molecule has 0 unspecified atom stereocenters. The van der Waals surface area contributed by atoms with Crippen LogP contribution in [0.5, 0.6) is 17.2 Å². The van der Waals surface area contributed by atoms with E-state index in [0.29, 0.717) is 24.8 Å². The molecular weight excluding hydrogens is 498 g/mol. The zero-order chi connectivity index (χ0) is 20.5. The highest BCUT2D eigenvalue weighted by Gasteiger charge is 2.07. The predicted octanol–water partition coefficient (Wildman–Crippen LogP) is 4.50. The Morgan fingerprint density at radius 3 is 2.37 bits per heavy atom. The summed E-state index contributed by atoms with van der Waals surface area (Å²) in [5.41, 5.74) is 1.83. The lowest BCUT2D eigenvalue weighted by Gasteiger charge is -2.13.